The topological polar surface area (TPSA) is 40.5 Å². The lowest BCUT2D eigenvalue weighted by Gasteiger charge is -2.18. The van der Waals surface area contributed by atoms with Crippen LogP contribution in [0.2, 0.25) is 0 Å². The van der Waals surface area contributed by atoms with Gasteiger partial charge in [0.15, 0.2) is 0 Å². The molecule has 0 bridgehead atoms. The van der Waals surface area contributed by atoms with Crippen molar-refractivity contribution in [2.75, 3.05) is 13.6 Å². The highest BCUT2D eigenvalue weighted by Gasteiger charge is 2.44. The molecule has 0 spiro atoms. The Bertz CT molecular complexity index is 217. The summed E-state index contributed by atoms with van der Waals surface area (Å²) in [5.41, 5.74) is 0. The highest BCUT2D eigenvalue weighted by atomic mass is 16.4. The lowest BCUT2D eigenvalue weighted by Crippen LogP contribution is -2.25. The molecule has 13 heavy (non-hydrogen) atoms. The van der Waals surface area contributed by atoms with Crippen molar-refractivity contribution in [1.29, 1.82) is 0 Å². The first-order chi connectivity index (χ1) is 6.18. The molecule has 1 heterocycles. The lowest BCUT2D eigenvalue weighted by molar-refractivity contribution is -0.138. The van der Waals surface area contributed by atoms with E-state index in [-0.39, 0.29) is 5.92 Å². The molecule has 0 aromatic rings. The zero-order valence-corrected chi connectivity index (χ0v) is 8.07. The Morgan fingerprint density at radius 3 is 2.85 bits per heavy atom. The molecule has 3 heteroatoms. The molecule has 0 aromatic heterocycles. The molecule has 1 aliphatic heterocycles. The Morgan fingerprint density at radius 1 is 1.62 bits per heavy atom. The van der Waals surface area contributed by atoms with E-state index in [4.69, 9.17) is 5.11 Å². The summed E-state index contributed by atoms with van der Waals surface area (Å²) in [7, 11) is 2.15. The average molecular weight is 183 g/mol. The Labute approximate surface area is 78.7 Å². The van der Waals surface area contributed by atoms with Crippen LogP contribution in [-0.4, -0.2) is 35.6 Å². The van der Waals surface area contributed by atoms with Gasteiger partial charge >= 0.3 is 5.97 Å². The highest BCUT2D eigenvalue weighted by molar-refractivity contribution is 5.73. The van der Waals surface area contributed by atoms with Crippen molar-refractivity contribution < 1.29 is 9.90 Å². The van der Waals surface area contributed by atoms with Crippen molar-refractivity contribution in [2.45, 2.75) is 31.7 Å². The molecule has 2 fully saturated rings. The van der Waals surface area contributed by atoms with Crippen LogP contribution in [0.1, 0.15) is 25.7 Å². The van der Waals surface area contributed by atoms with Crippen molar-refractivity contribution in [3.8, 4) is 0 Å². The predicted molar refractivity (Wildman–Crippen MR) is 49.5 cm³/mol. The molecule has 0 amide bonds. The molecule has 74 valence electrons. The Hall–Kier alpha value is -0.570. The van der Waals surface area contributed by atoms with E-state index in [0.29, 0.717) is 12.0 Å². The van der Waals surface area contributed by atoms with Gasteiger partial charge in [-0.1, -0.05) is 0 Å². The molecule has 3 nitrogen and oxygen atoms in total. The van der Waals surface area contributed by atoms with Gasteiger partial charge in [0.2, 0.25) is 0 Å². The molecular formula is C10H17NO2. The lowest BCUT2D eigenvalue weighted by atomic mass is 10.1. The molecule has 0 aromatic carbocycles. The van der Waals surface area contributed by atoms with Gasteiger partial charge in [0.1, 0.15) is 0 Å². The van der Waals surface area contributed by atoms with E-state index in [0.717, 1.165) is 12.8 Å². The number of likely N-dealkylation sites (tertiary alicyclic amines) is 1. The zero-order chi connectivity index (χ0) is 9.42. The summed E-state index contributed by atoms with van der Waals surface area (Å²) >= 11 is 0. The molecular weight excluding hydrogens is 166 g/mol. The highest BCUT2D eigenvalue weighted by Crippen LogP contribution is 2.43. The Balaban J connectivity index is 1.77. The molecule has 1 aliphatic carbocycles. The quantitative estimate of drug-likeness (QED) is 0.714. The van der Waals surface area contributed by atoms with Gasteiger partial charge in [-0.2, -0.15) is 0 Å². The van der Waals surface area contributed by atoms with Crippen LogP contribution in [0.25, 0.3) is 0 Å². The second-order valence-electron chi connectivity index (χ2n) is 4.45. The second-order valence-corrected chi connectivity index (χ2v) is 4.45. The van der Waals surface area contributed by atoms with Gasteiger partial charge in [-0.05, 0) is 45.2 Å². The van der Waals surface area contributed by atoms with Crippen molar-refractivity contribution in [1.82, 2.24) is 4.90 Å². The third-order valence-corrected chi connectivity index (χ3v) is 3.49. The summed E-state index contributed by atoms with van der Waals surface area (Å²) in [4.78, 5) is 13.0. The number of carboxylic acid groups (broad SMARTS) is 1. The second kappa shape index (κ2) is 3.29. The van der Waals surface area contributed by atoms with Crippen LogP contribution in [0.3, 0.4) is 0 Å². The fourth-order valence-electron chi connectivity index (χ4n) is 2.44. The molecule has 2 aliphatic rings. The molecule has 1 N–H and O–H groups in total. The Kier molecular flexibility index (Phi) is 2.28. The summed E-state index contributed by atoms with van der Waals surface area (Å²) < 4.78 is 0. The smallest absolute Gasteiger partial charge is 0.306 e. The minimum atomic E-state index is -0.592. The first-order valence-electron chi connectivity index (χ1n) is 5.11. The van der Waals surface area contributed by atoms with Gasteiger partial charge < -0.3 is 10.0 Å². The van der Waals surface area contributed by atoms with Crippen LogP contribution in [0.15, 0.2) is 0 Å². The minimum absolute atomic E-state index is 0.0194. The summed E-state index contributed by atoms with van der Waals surface area (Å²) in [5.74, 6) is -0.136. The van der Waals surface area contributed by atoms with Crippen LogP contribution < -0.4 is 0 Å². The standard InChI is InChI=1S/C10H17NO2/c1-11-4-2-3-8(11)5-7-6-9(7)10(12)13/h7-9H,2-6H2,1H3,(H,12,13)/t7-,8?,9-/m1/s1. The molecule has 1 saturated heterocycles. The SMILES string of the molecule is CN1CCCC1C[C@@H]1C[C@H]1C(=O)O. The number of carbonyl (C=O) groups is 1. The van der Waals surface area contributed by atoms with E-state index in [2.05, 4.69) is 11.9 Å². The summed E-state index contributed by atoms with van der Waals surface area (Å²) in [6.07, 6.45) is 4.57. The van der Waals surface area contributed by atoms with Crippen molar-refractivity contribution in [2.24, 2.45) is 11.8 Å². The fourth-order valence-corrected chi connectivity index (χ4v) is 2.44. The van der Waals surface area contributed by atoms with Crippen LogP contribution in [0, 0.1) is 11.8 Å². The van der Waals surface area contributed by atoms with E-state index < -0.39 is 5.97 Å². The maximum atomic E-state index is 10.6. The molecule has 2 rings (SSSR count). The summed E-state index contributed by atoms with van der Waals surface area (Å²) in [5, 5.41) is 8.75. The number of aliphatic carboxylic acids is 1. The minimum Gasteiger partial charge on any atom is -0.481 e. The largest absolute Gasteiger partial charge is 0.481 e. The van der Waals surface area contributed by atoms with Crippen LogP contribution >= 0.6 is 0 Å². The summed E-state index contributed by atoms with van der Waals surface area (Å²) in [6, 6.07) is 0.661. The van der Waals surface area contributed by atoms with E-state index in [9.17, 15) is 4.79 Å². The van der Waals surface area contributed by atoms with E-state index in [1.807, 2.05) is 0 Å². The van der Waals surface area contributed by atoms with Gasteiger partial charge in [0, 0.05) is 6.04 Å². The van der Waals surface area contributed by atoms with Crippen molar-refractivity contribution in [3.63, 3.8) is 0 Å². The molecule has 0 radical (unpaired) electrons. The fraction of sp³-hybridized carbons (Fsp3) is 0.900. The molecule has 1 saturated carbocycles. The van der Waals surface area contributed by atoms with Gasteiger partial charge in [-0.3, -0.25) is 4.79 Å². The van der Waals surface area contributed by atoms with E-state index >= 15 is 0 Å². The van der Waals surface area contributed by atoms with Crippen LogP contribution in [0.4, 0.5) is 0 Å². The van der Waals surface area contributed by atoms with Gasteiger partial charge in [-0.15, -0.1) is 0 Å². The zero-order valence-electron chi connectivity index (χ0n) is 8.07. The van der Waals surface area contributed by atoms with Crippen molar-refractivity contribution in [3.05, 3.63) is 0 Å². The third-order valence-electron chi connectivity index (χ3n) is 3.49. The maximum absolute atomic E-state index is 10.6. The number of hydrogen-bond acceptors (Lipinski definition) is 2. The maximum Gasteiger partial charge on any atom is 0.306 e. The van der Waals surface area contributed by atoms with Gasteiger partial charge in [-0.25, -0.2) is 0 Å². The monoisotopic (exact) mass is 183 g/mol. The van der Waals surface area contributed by atoms with Gasteiger partial charge in [0.05, 0.1) is 5.92 Å². The summed E-state index contributed by atoms with van der Waals surface area (Å²) in [6.45, 7) is 1.19. The predicted octanol–water partition coefficient (Wildman–Crippen LogP) is 1.19. The van der Waals surface area contributed by atoms with E-state index in [1.165, 1.54) is 19.4 Å². The Morgan fingerprint density at radius 2 is 2.38 bits per heavy atom. The van der Waals surface area contributed by atoms with Crippen molar-refractivity contribution >= 4 is 5.97 Å². The van der Waals surface area contributed by atoms with Crippen LogP contribution in [0.5, 0.6) is 0 Å². The average Bonchev–Trinajstić information content (AvgIpc) is 2.72. The number of rotatable bonds is 3. The number of hydrogen-bond donors (Lipinski definition) is 1. The normalized spacial score (nSPS) is 39.3. The first-order valence-corrected chi connectivity index (χ1v) is 5.11. The first kappa shape index (κ1) is 9.00. The van der Waals surface area contributed by atoms with Gasteiger partial charge in [0.25, 0.3) is 0 Å². The number of carboxylic acids is 1. The molecule has 3 atom stereocenters. The third kappa shape index (κ3) is 1.85. The van der Waals surface area contributed by atoms with Crippen LogP contribution in [-0.2, 0) is 4.79 Å². The molecule has 1 unspecified atom stereocenters. The number of nitrogens with zero attached hydrogens (tertiary/aromatic N) is 1. The van der Waals surface area contributed by atoms with E-state index in [1.54, 1.807) is 0 Å².